The molecule has 4 N–H and O–H groups in total. The molecule has 0 fully saturated rings. The van der Waals surface area contributed by atoms with Crippen LogP contribution in [0.25, 0.3) is 6.08 Å². The first-order chi connectivity index (χ1) is 8.49. The molecule has 0 aliphatic heterocycles. The van der Waals surface area contributed by atoms with Gasteiger partial charge in [0.2, 0.25) is 11.8 Å². The number of halogens is 1. The van der Waals surface area contributed by atoms with E-state index in [0.717, 1.165) is 5.56 Å². The van der Waals surface area contributed by atoms with Gasteiger partial charge in [0.1, 0.15) is 6.10 Å². The largest absolute Gasteiger partial charge is 0.381 e. The molecule has 0 aliphatic carbocycles. The van der Waals surface area contributed by atoms with Crippen molar-refractivity contribution in [2.24, 2.45) is 5.73 Å². The minimum Gasteiger partial charge on any atom is -0.381 e. The highest BCUT2D eigenvalue weighted by Gasteiger charge is 2.10. The maximum atomic E-state index is 11.3. The first-order valence-electron chi connectivity index (χ1n) is 5.18. The van der Waals surface area contributed by atoms with E-state index in [4.69, 9.17) is 22.4 Å². The standard InChI is InChI=1S/C12H13ClN2O3/c13-9-3-1-2-8(6-9)4-5-11(17)15-7-10(16)12(14)18/h1-6,10,16H,7H2,(H2,14,18)(H,15,17)/b5-4+. The topological polar surface area (TPSA) is 92.4 Å². The summed E-state index contributed by atoms with van der Waals surface area (Å²) in [5, 5.41) is 12.0. The summed E-state index contributed by atoms with van der Waals surface area (Å²) in [5.41, 5.74) is 5.60. The minimum atomic E-state index is -1.38. The summed E-state index contributed by atoms with van der Waals surface area (Å²) < 4.78 is 0. The van der Waals surface area contributed by atoms with E-state index >= 15 is 0 Å². The van der Waals surface area contributed by atoms with Crippen LogP contribution in [0.3, 0.4) is 0 Å². The average molecular weight is 269 g/mol. The Morgan fingerprint density at radius 1 is 1.50 bits per heavy atom. The molecule has 1 rings (SSSR count). The van der Waals surface area contributed by atoms with Gasteiger partial charge in [0.05, 0.1) is 6.54 Å². The fraction of sp³-hybridized carbons (Fsp3) is 0.167. The molecule has 0 heterocycles. The van der Waals surface area contributed by atoms with E-state index in [0.29, 0.717) is 5.02 Å². The second kappa shape index (κ2) is 6.78. The summed E-state index contributed by atoms with van der Waals surface area (Å²) in [5.74, 6) is -1.32. The van der Waals surface area contributed by atoms with Gasteiger partial charge < -0.3 is 16.2 Å². The molecule has 1 aromatic carbocycles. The minimum absolute atomic E-state index is 0.214. The van der Waals surface area contributed by atoms with E-state index in [1.54, 1.807) is 30.3 Å². The fourth-order valence-electron chi connectivity index (χ4n) is 1.14. The van der Waals surface area contributed by atoms with Crippen LogP contribution in [0.15, 0.2) is 30.3 Å². The van der Waals surface area contributed by atoms with E-state index in [1.165, 1.54) is 6.08 Å². The number of primary amides is 1. The molecule has 18 heavy (non-hydrogen) atoms. The zero-order chi connectivity index (χ0) is 13.5. The molecule has 0 saturated heterocycles. The number of hydrogen-bond acceptors (Lipinski definition) is 3. The molecule has 0 aromatic heterocycles. The number of carbonyl (C=O) groups is 2. The van der Waals surface area contributed by atoms with Crippen molar-refractivity contribution in [3.05, 3.63) is 40.9 Å². The highest BCUT2D eigenvalue weighted by molar-refractivity contribution is 6.30. The molecular formula is C12H13ClN2O3. The molecule has 5 nitrogen and oxygen atoms in total. The lowest BCUT2D eigenvalue weighted by Gasteiger charge is -2.06. The van der Waals surface area contributed by atoms with E-state index in [-0.39, 0.29) is 6.54 Å². The zero-order valence-electron chi connectivity index (χ0n) is 9.47. The summed E-state index contributed by atoms with van der Waals surface area (Å²) in [4.78, 5) is 21.9. The van der Waals surface area contributed by atoms with Gasteiger partial charge in [-0.3, -0.25) is 9.59 Å². The van der Waals surface area contributed by atoms with Crippen LogP contribution in [0, 0.1) is 0 Å². The number of aliphatic hydroxyl groups is 1. The number of hydrogen-bond donors (Lipinski definition) is 3. The lowest BCUT2D eigenvalue weighted by atomic mass is 10.2. The van der Waals surface area contributed by atoms with Gasteiger partial charge >= 0.3 is 0 Å². The zero-order valence-corrected chi connectivity index (χ0v) is 10.2. The third-order valence-corrected chi connectivity index (χ3v) is 2.31. The fourth-order valence-corrected chi connectivity index (χ4v) is 1.34. The molecular weight excluding hydrogens is 256 g/mol. The van der Waals surface area contributed by atoms with E-state index in [9.17, 15) is 9.59 Å². The number of nitrogens with one attached hydrogen (secondary N) is 1. The monoisotopic (exact) mass is 268 g/mol. The quantitative estimate of drug-likeness (QED) is 0.671. The Labute approximate surface area is 109 Å². The van der Waals surface area contributed by atoms with Crippen molar-refractivity contribution in [1.29, 1.82) is 0 Å². The second-order valence-electron chi connectivity index (χ2n) is 3.55. The van der Waals surface area contributed by atoms with Gasteiger partial charge in [-0.25, -0.2) is 0 Å². The Balaban J connectivity index is 2.47. The van der Waals surface area contributed by atoms with Crippen LogP contribution in [0.5, 0.6) is 0 Å². The van der Waals surface area contributed by atoms with Gasteiger partial charge in [0.15, 0.2) is 0 Å². The van der Waals surface area contributed by atoms with E-state index < -0.39 is 17.9 Å². The first kappa shape index (κ1) is 14.2. The van der Waals surface area contributed by atoms with E-state index in [2.05, 4.69) is 5.32 Å². The smallest absolute Gasteiger partial charge is 0.248 e. The van der Waals surface area contributed by atoms with Crippen molar-refractivity contribution in [2.45, 2.75) is 6.10 Å². The van der Waals surface area contributed by atoms with Gasteiger partial charge in [-0.15, -0.1) is 0 Å². The maximum absolute atomic E-state index is 11.3. The van der Waals surface area contributed by atoms with Crippen LogP contribution in [0.2, 0.25) is 5.02 Å². The van der Waals surface area contributed by atoms with E-state index in [1.807, 2.05) is 0 Å². The molecule has 6 heteroatoms. The molecule has 1 unspecified atom stereocenters. The van der Waals surface area contributed by atoms with Crippen molar-refractivity contribution >= 4 is 29.5 Å². The van der Waals surface area contributed by atoms with Crippen LogP contribution in [-0.2, 0) is 9.59 Å². The molecule has 0 aliphatic rings. The third kappa shape index (κ3) is 4.99. The molecule has 0 saturated carbocycles. The van der Waals surface area contributed by atoms with Crippen molar-refractivity contribution in [3.63, 3.8) is 0 Å². The predicted octanol–water partition coefficient (Wildman–Crippen LogP) is 0.316. The summed E-state index contributed by atoms with van der Waals surface area (Å²) >= 11 is 5.78. The van der Waals surface area contributed by atoms with Gasteiger partial charge in [-0.1, -0.05) is 23.7 Å². The summed E-state index contributed by atoms with van der Waals surface area (Å²) in [6.45, 7) is -0.214. The highest BCUT2D eigenvalue weighted by atomic mass is 35.5. The van der Waals surface area contributed by atoms with Gasteiger partial charge in [0.25, 0.3) is 0 Å². The first-order valence-corrected chi connectivity index (χ1v) is 5.55. The number of aliphatic hydroxyl groups excluding tert-OH is 1. The molecule has 1 aromatic rings. The summed E-state index contributed by atoms with van der Waals surface area (Å²) in [6.07, 6.45) is 1.46. The Hall–Kier alpha value is -1.85. The Bertz CT molecular complexity index is 474. The Morgan fingerprint density at radius 3 is 2.83 bits per heavy atom. The number of carbonyl (C=O) groups excluding carboxylic acids is 2. The summed E-state index contributed by atoms with van der Waals surface area (Å²) in [7, 11) is 0. The predicted molar refractivity (Wildman–Crippen MR) is 68.7 cm³/mol. The van der Waals surface area contributed by atoms with Crippen LogP contribution in [0.4, 0.5) is 0 Å². The molecule has 96 valence electrons. The second-order valence-corrected chi connectivity index (χ2v) is 3.99. The van der Waals surface area contributed by atoms with Crippen molar-refractivity contribution in [2.75, 3.05) is 6.54 Å². The average Bonchev–Trinajstić information content (AvgIpc) is 2.33. The normalized spacial score (nSPS) is 12.3. The number of amides is 2. The van der Waals surface area contributed by atoms with Crippen LogP contribution < -0.4 is 11.1 Å². The van der Waals surface area contributed by atoms with Crippen molar-refractivity contribution in [3.8, 4) is 0 Å². The van der Waals surface area contributed by atoms with Gasteiger partial charge in [-0.05, 0) is 23.8 Å². The highest BCUT2D eigenvalue weighted by Crippen LogP contribution is 2.11. The lowest BCUT2D eigenvalue weighted by molar-refractivity contribution is -0.126. The van der Waals surface area contributed by atoms with Crippen molar-refractivity contribution < 1.29 is 14.7 Å². The Morgan fingerprint density at radius 2 is 2.22 bits per heavy atom. The van der Waals surface area contributed by atoms with Gasteiger partial charge in [-0.2, -0.15) is 0 Å². The lowest BCUT2D eigenvalue weighted by Crippen LogP contribution is -2.39. The molecule has 0 bridgehead atoms. The number of benzene rings is 1. The number of rotatable bonds is 5. The number of nitrogens with two attached hydrogens (primary N) is 1. The molecule has 1 atom stereocenters. The van der Waals surface area contributed by atoms with Crippen LogP contribution >= 0.6 is 11.6 Å². The molecule has 2 amide bonds. The Kier molecular flexibility index (Phi) is 5.35. The maximum Gasteiger partial charge on any atom is 0.248 e. The third-order valence-electron chi connectivity index (χ3n) is 2.07. The van der Waals surface area contributed by atoms with Crippen LogP contribution in [-0.4, -0.2) is 29.6 Å². The molecule has 0 spiro atoms. The molecule has 0 radical (unpaired) electrons. The SMILES string of the molecule is NC(=O)C(O)CNC(=O)/C=C/c1cccc(Cl)c1. The van der Waals surface area contributed by atoms with Crippen LogP contribution in [0.1, 0.15) is 5.56 Å². The van der Waals surface area contributed by atoms with Crippen molar-refractivity contribution in [1.82, 2.24) is 5.32 Å². The van der Waals surface area contributed by atoms with Gasteiger partial charge in [0, 0.05) is 11.1 Å². The summed E-state index contributed by atoms with van der Waals surface area (Å²) in [6, 6.07) is 6.97.